The fourth-order valence-electron chi connectivity index (χ4n) is 1.77. The molecule has 0 aromatic heterocycles. The second kappa shape index (κ2) is 5.36. The van der Waals surface area contributed by atoms with Crippen LogP contribution in [0.2, 0.25) is 0 Å². The van der Waals surface area contributed by atoms with Gasteiger partial charge in [0.25, 0.3) is 0 Å². The van der Waals surface area contributed by atoms with Crippen molar-refractivity contribution in [2.24, 2.45) is 0 Å². The Balaban J connectivity index is 2.24. The highest BCUT2D eigenvalue weighted by Gasteiger charge is 2.13. The van der Waals surface area contributed by atoms with E-state index in [0.29, 0.717) is 0 Å². The van der Waals surface area contributed by atoms with Crippen molar-refractivity contribution in [3.63, 3.8) is 0 Å². The predicted octanol–water partition coefficient (Wildman–Crippen LogP) is 3.04. The maximum Gasteiger partial charge on any atom is 0.0750 e. The second-order valence-electron chi connectivity index (χ2n) is 3.68. The van der Waals surface area contributed by atoms with Crippen molar-refractivity contribution in [2.45, 2.75) is 58.0 Å². The lowest BCUT2D eigenvalue weighted by atomic mass is 9.93. The van der Waals surface area contributed by atoms with Crippen LogP contribution >= 0.6 is 0 Å². The van der Waals surface area contributed by atoms with Gasteiger partial charge in [-0.1, -0.05) is 25.8 Å². The molecule has 0 heterocycles. The average Bonchev–Trinajstić information content (AvgIpc) is 2.09. The first kappa shape index (κ1) is 9.79. The molecule has 0 aromatic rings. The molecule has 0 spiro atoms. The van der Waals surface area contributed by atoms with Crippen LogP contribution in [-0.4, -0.2) is 11.2 Å². The molecule has 70 valence electrons. The first-order chi connectivity index (χ1) is 5.84. The van der Waals surface area contributed by atoms with Crippen LogP contribution in [-0.2, 0) is 0 Å². The third-order valence-electron chi connectivity index (χ3n) is 2.59. The Morgan fingerprint density at radius 3 is 3.00 bits per heavy atom. The fraction of sp³-hybridized carbons (Fsp3) is 0.818. The molecular weight excluding hydrogens is 148 g/mol. The largest absolute Gasteiger partial charge is 0.389 e. The molecule has 1 nitrogen and oxygen atoms in total. The zero-order valence-corrected chi connectivity index (χ0v) is 8.05. The number of hydrogen-bond donors (Lipinski definition) is 1. The van der Waals surface area contributed by atoms with Crippen LogP contribution in [0.5, 0.6) is 0 Å². The SMILES string of the molecule is CCCCCC1=CCCCC1O. The highest BCUT2D eigenvalue weighted by atomic mass is 16.3. The van der Waals surface area contributed by atoms with Crippen molar-refractivity contribution in [3.8, 4) is 0 Å². The molecule has 0 fully saturated rings. The van der Waals surface area contributed by atoms with Gasteiger partial charge >= 0.3 is 0 Å². The van der Waals surface area contributed by atoms with Gasteiger partial charge in [0.1, 0.15) is 0 Å². The topological polar surface area (TPSA) is 20.2 Å². The maximum atomic E-state index is 9.60. The summed E-state index contributed by atoms with van der Waals surface area (Å²) in [6, 6.07) is 0. The van der Waals surface area contributed by atoms with Crippen LogP contribution < -0.4 is 0 Å². The van der Waals surface area contributed by atoms with Crippen molar-refractivity contribution in [1.82, 2.24) is 0 Å². The lowest BCUT2D eigenvalue weighted by Crippen LogP contribution is -2.13. The summed E-state index contributed by atoms with van der Waals surface area (Å²) in [5.74, 6) is 0. The van der Waals surface area contributed by atoms with E-state index in [9.17, 15) is 5.11 Å². The summed E-state index contributed by atoms with van der Waals surface area (Å²) in [6.45, 7) is 2.21. The summed E-state index contributed by atoms with van der Waals surface area (Å²) in [6.07, 6.45) is 10.4. The Morgan fingerprint density at radius 1 is 1.50 bits per heavy atom. The zero-order valence-electron chi connectivity index (χ0n) is 8.05. The molecule has 12 heavy (non-hydrogen) atoms. The molecule has 1 atom stereocenters. The Bertz CT molecular complexity index is 149. The Morgan fingerprint density at radius 2 is 2.33 bits per heavy atom. The van der Waals surface area contributed by atoms with Gasteiger partial charge in [-0.3, -0.25) is 0 Å². The molecule has 0 radical (unpaired) electrons. The second-order valence-corrected chi connectivity index (χ2v) is 3.68. The summed E-state index contributed by atoms with van der Waals surface area (Å²) in [5.41, 5.74) is 1.30. The predicted molar refractivity (Wildman–Crippen MR) is 52.1 cm³/mol. The van der Waals surface area contributed by atoms with E-state index in [1.165, 1.54) is 37.7 Å². The standard InChI is InChI=1S/C11H20O/c1-2-3-4-7-10-8-5-6-9-11(10)12/h8,11-12H,2-7,9H2,1H3. The minimum absolute atomic E-state index is 0.115. The van der Waals surface area contributed by atoms with E-state index >= 15 is 0 Å². The van der Waals surface area contributed by atoms with E-state index in [0.717, 1.165) is 12.8 Å². The quantitative estimate of drug-likeness (QED) is 0.505. The van der Waals surface area contributed by atoms with Crippen LogP contribution in [0.1, 0.15) is 51.9 Å². The van der Waals surface area contributed by atoms with Gasteiger partial charge in [-0.2, -0.15) is 0 Å². The molecule has 1 aliphatic rings. The smallest absolute Gasteiger partial charge is 0.0750 e. The van der Waals surface area contributed by atoms with E-state index in [4.69, 9.17) is 0 Å². The van der Waals surface area contributed by atoms with Crippen LogP contribution in [0.3, 0.4) is 0 Å². The molecule has 0 saturated carbocycles. The molecular formula is C11H20O. The number of allylic oxidation sites excluding steroid dienone is 1. The van der Waals surface area contributed by atoms with Gasteiger partial charge in [-0.25, -0.2) is 0 Å². The number of hydrogen-bond acceptors (Lipinski definition) is 1. The van der Waals surface area contributed by atoms with Crippen LogP contribution in [0, 0.1) is 0 Å². The zero-order chi connectivity index (χ0) is 8.81. The first-order valence-corrected chi connectivity index (χ1v) is 5.21. The highest BCUT2D eigenvalue weighted by Crippen LogP contribution is 2.22. The molecule has 0 saturated heterocycles. The first-order valence-electron chi connectivity index (χ1n) is 5.21. The average molecular weight is 168 g/mol. The molecule has 1 unspecified atom stereocenters. The molecule has 1 rings (SSSR count). The normalized spacial score (nSPS) is 23.8. The van der Waals surface area contributed by atoms with Crippen molar-refractivity contribution in [3.05, 3.63) is 11.6 Å². The van der Waals surface area contributed by atoms with Crippen molar-refractivity contribution >= 4 is 0 Å². The minimum atomic E-state index is -0.115. The van der Waals surface area contributed by atoms with Crippen LogP contribution in [0.25, 0.3) is 0 Å². The Labute approximate surface area is 75.5 Å². The van der Waals surface area contributed by atoms with E-state index < -0.39 is 0 Å². The molecule has 0 amide bonds. The van der Waals surface area contributed by atoms with Gasteiger partial charge in [-0.05, 0) is 37.7 Å². The molecule has 1 heteroatoms. The number of rotatable bonds is 4. The molecule has 0 bridgehead atoms. The summed E-state index contributed by atoms with van der Waals surface area (Å²) >= 11 is 0. The lowest BCUT2D eigenvalue weighted by Gasteiger charge is -2.19. The third-order valence-corrected chi connectivity index (χ3v) is 2.59. The summed E-state index contributed by atoms with van der Waals surface area (Å²) in [5, 5.41) is 9.60. The van der Waals surface area contributed by atoms with Gasteiger partial charge in [0.05, 0.1) is 6.10 Å². The van der Waals surface area contributed by atoms with Gasteiger partial charge in [0.2, 0.25) is 0 Å². The van der Waals surface area contributed by atoms with Crippen molar-refractivity contribution in [2.75, 3.05) is 0 Å². The van der Waals surface area contributed by atoms with Gasteiger partial charge in [-0.15, -0.1) is 0 Å². The summed E-state index contributed by atoms with van der Waals surface area (Å²) in [4.78, 5) is 0. The fourth-order valence-corrected chi connectivity index (χ4v) is 1.77. The number of aliphatic hydroxyl groups is 1. The van der Waals surface area contributed by atoms with E-state index in [1.54, 1.807) is 0 Å². The Kier molecular flexibility index (Phi) is 4.37. The molecule has 1 N–H and O–H groups in total. The molecule has 1 aliphatic carbocycles. The van der Waals surface area contributed by atoms with E-state index in [1.807, 2.05) is 0 Å². The van der Waals surface area contributed by atoms with Crippen LogP contribution in [0.4, 0.5) is 0 Å². The summed E-state index contributed by atoms with van der Waals surface area (Å²) < 4.78 is 0. The monoisotopic (exact) mass is 168 g/mol. The molecule has 0 aliphatic heterocycles. The Hall–Kier alpha value is -0.300. The highest BCUT2D eigenvalue weighted by molar-refractivity contribution is 5.10. The van der Waals surface area contributed by atoms with E-state index in [-0.39, 0.29) is 6.10 Å². The molecule has 0 aromatic carbocycles. The lowest BCUT2D eigenvalue weighted by molar-refractivity contribution is 0.186. The summed E-state index contributed by atoms with van der Waals surface area (Å²) in [7, 11) is 0. The van der Waals surface area contributed by atoms with Gasteiger partial charge < -0.3 is 5.11 Å². The number of aliphatic hydroxyl groups excluding tert-OH is 1. The van der Waals surface area contributed by atoms with Gasteiger partial charge in [0, 0.05) is 0 Å². The van der Waals surface area contributed by atoms with E-state index in [2.05, 4.69) is 13.0 Å². The third kappa shape index (κ3) is 2.98. The van der Waals surface area contributed by atoms with Crippen molar-refractivity contribution < 1.29 is 5.11 Å². The minimum Gasteiger partial charge on any atom is -0.389 e. The number of unbranched alkanes of at least 4 members (excludes halogenated alkanes) is 2. The maximum absolute atomic E-state index is 9.60. The van der Waals surface area contributed by atoms with Crippen molar-refractivity contribution in [1.29, 1.82) is 0 Å². The van der Waals surface area contributed by atoms with Crippen LogP contribution in [0.15, 0.2) is 11.6 Å². The van der Waals surface area contributed by atoms with Gasteiger partial charge in [0.15, 0.2) is 0 Å².